The molecule has 13 nitrogen and oxygen atoms in total. The smallest absolute Gasteiger partial charge is 0.319 e. The number of benzene rings is 2. The van der Waals surface area contributed by atoms with Crippen molar-refractivity contribution in [3.05, 3.63) is 47.5 Å². The molecule has 0 bridgehead atoms. The monoisotopic (exact) mass is 711 g/mol. The summed E-state index contributed by atoms with van der Waals surface area (Å²) in [5.74, 6) is -0.163. The van der Waals surface area contributed by atoms with Gasteiger partial charge in [0.05, 0.1) is 39.5 Å². The molecule has 13 heteroatoms. The van der Waals surface area contributed by atoms with Crippen molar-refractivity contribution in [1.29, 1.82) is 0 Å². The number of ether oxygens (including phenoxy) is 2. The molecule has 0 aromatic heterocycles. The van der Waals surface area contributed by atoms with Crippen LogP contribution >= 0.6 is 0 Å². The zero-order valence-corrected chi connectivity index (χ0v) is 31.1. The summed E-state index contributed by atoms with van der Waals surface area (Å²) in [6.45, 7) is 8.62. The van der Waals surface area contributed by atoms with Gasteiger partial charge in [-0.1, -0.05) is 44.9 Å². The van der Waals surface area contributed by atoms with E-state index in [0.717, 1.165) is 41.6 Å². The highest BCUT2D eigenvalue weighted by atomic mass is 16.7. The maximum atomic E-state index is 14.0. The first kappa shape index (κ1) is 40.0. The first-order valence-corrected chi connectivity index (χ1v) is 18.1. The molecule has 2 fully saturated rings. The largest absolute Gasteiger partial charge is 0.496 e. The van der Waals surface area contributed by atoms with Crippen molar-refractivity contribution in [3.63, 3.8) is 0 Å². The van der Waals surface area contributed by atoms with Crippen molar-refractivity contribution in [2.75, 3.05) is 59.0 Å². The van der Waals surface area contributed by atoms with E-state index in [1.165, 1.54) is 0 Å². The Hall–Kier alpha value is -3.75. The number of hydroxylamine groups is 2. The van der Waals surface area contributed by atoms with Crippen LogP contribution in [0.2, 0.25) is 0 Å². The molecule has 2 aromatic rings. The highest BCUT2D eigenvalue weighted by Crippen LogP contribution is 2.39. The van der Waals surface area contributed by atoms with Crippen LogP contribution in [0.3, 0.4) is 0 Å². The van der Waals surface area contributed by atoms with Gasteiger partial charge in [-0.3, -0.25) is 19.2 Å². The fraction of sp³-hybridized carbons (Fsp3) is 0.605. The van der Waals surface area contributed by atoms with Crippen molar-refractivity contribution < 1.29 is 38.9 Å². The molecule has 2 amide bonds. The van der Waals surface area contributed by atoms with E-state index in [0.29, 0.717) is 42.8 Å². The van der Waals surface area contributed by atoms with Crippen LogP contribution in [-0.2, 0) is 25.7 Å². The first-order chi connectivity index (χ1) is 24.4. The Balaban J connectivity index is 1.60. The number of hydrogen-bond donors (Lipinski definition) is 5. The molecule has 4 rings (SSSR count). The van der Waals surface area contributed by atoms with E-state index in [-0.39, 0.29) is 43.5 Å². The highest BCUT2D eigenvalue weighted by Gasteiger charge is 2.50. The Kier molecular flexibility index (Phi) is 14.6. The topological polar surface area (TPSA) is 162 Å². The normalized spacial score (nSPS) is 24.1. The fourth-order valence-electron chi connectivity index (χ4n) is 7.20. The van der Waals surface area contributed by atoms with Gasteiger partial charge in [-0.15, -0.1) is 0 Å². The van der Waals surface area contributed by atoms with Gasteiger partial charge in [0.15, 0.2) is 0 Å². The third-order valence-electron chi connectivity index (χ3n) is 10.2. The summed E-state index contributed by atoms with van der Waals surface area (Å²) >= 11 is 0. The third kappa shape index (κ3) is 9.98. The average molecular weight is 712 g/mol. The van der Waals surface area contributed by atoms with E-state index in [2.05, 4.69) is 29.8 Å². The van der Waals surface area contributed by atoms with Crippen LogP contribution in [-0.4, -0.2) is 111 Å². The number of aliphatic hydroxyl groups is 2. The summed E-state index contributed by atoms with van der Waals surface area (Å²) in [5.41, 5.74) is 3.47. The molecule has 1 saturated heterocycles. The minimum absolute atomic E-state index is 0.0139. The molecule has 1 saturated carbocycles. The van der Waals surface area contributed by atoms with Crippen molar-refractivity contribution in [2.24, 2.45) is 17.8 Å². The van der Waals surface area contributed by atoms with Gasteiger partial charge >= 0.3 is 5.97 Å². The van der Waals surface area contributed by atoms with Gasteiger partial charge in [-0.25, -0.2) is 0 Å². The maximum absolute atomic E-state index is 14.0. The van der Waals surface area contributed by atoms with E-state index >= 15 is 0 Å². The van der Waals surface area contributed by atoms with E-state index in [4.69, 9.17) is 14.3 Å². The van der Waals surface area contributed by atoms with Gasteiger partial charge in [0.2, 0.25) is 5.91 Å². The van der Waals surface area contributed by atoms with Gasteiger partial charge in [0.25, 0.3) is 5.91 Å². The van der Waals surface area contributed by atoms with Crippen molar-refractivity contribution in [2.45, 2.75) is 77.8 Å². The Bertz CT molecular complexity index is 1490. The number of para-hydroxylation sites is 1. The number of nitrogens with zero attached hydrogens (tertiary/aromatic N) is 2. The molecule has 282 valence electrons. The molecule has 1 aliphatic carbocycles. The summed E-state index contributed by atoms with van der Waals surface area (Å²) in [6.07, 6.45) is 1.38. The molecular formula is C38H57N5O8. The van der Waals surface area contributed by atoms with Crippen molar-refractivity contribution in [3.8, 4) is 16.9 Å². The lowest BCUT2D eigenvalue weighted by Crippen LogP contribution is -2.53. The minimum atomic E-state index is -0.912. The van der Waals surface area contributed by atoms with Crippen LogP contribution < -0.4 is 25.6 Å². The Labute approximate surface area is 302 Å². The summed E-state index contributed by atoms with van der Waals surface area (Å²) in [7, 11) is 5.37. The lowest BCUT2D eigenvalue weighted by atomic mass is 9.77. The molecule has 0 spiro atoms. The second-order valence-corrected chi connectivity index (χ2v) is 13.9. The van der Waals surface area contributed by atoms with Gasteiger partial charge in [-0.2, -0.15) is 5.06 Å². The number of rotatable bonds is 16. The van der Waals surface area contributed by atoms with Crippen LogP contribution in [0.25, 0.3) is 11.1 Å². The number of nitrogens with one attached hydrogen (secondary N) is 3. The Morgan fingerprint density at radius 1 is 1.12 bits per heavy atom. The number of carbonyl (C=O) groups excluding carboxylic acids is 3. The molecule has 1 heterocycles. The number of carbonyl (C=O) groups is 3. The molecule has 5 N–H and O–H groups in total. The molecule has 1 aliphatic heterocycles. The van der Waals surface area contributed by atoms with Crippen LogP contribution in [0.1, 0.15) is 62.9 Å². The van der Waals surface area contributed by atoms with Crippen LogP contribution in [0, 0.1) is 17.8 Å². The predicted molar refractivity (Wildman–Crippen MR) is 195 cm³/mol. The van der Waals surface area contributed by atoms with Crippen LogP contribution in [0.5, 0.6) is 5.75 Å². The van der Waals surface area contributed by atoms with Gasteiger partial charge in [0, 0.05) is 61.5 Å². The van der Waals surface area contributed by atoms with E-state index < -0.39 is 24.2 Å². The average Bonchev–Trinajstić information content (AvgIpc) is 3.48. The number of anilines is 1. The van der Waals surface area contributed by atoms with Gasteiger partial charge in [-0.05, 0) is 55.9 Å². The zero-order valence-electron chi connectivity index (χ0n) is 31.1. The lowest BCUT2D eigenvalue weighted by Gasteiger charge is -2.36. The van der Waals surface area contributed by atoms with Crippen LogP contribution in [0.4, 0.5) is 5.69 Å². The lowest BCUT2D eigenvalue weighted by molar-refractivity contribution is -0.182. The SMILES string of the molecule is CCOC(=O)CNCCNC(=O)c1cc(-c2cccc(CN3O[C@@H](CO)[C@@H]([C@H](C)O)[C@H]3C(=O)N[C@H]3CCC[C@H](C)[C@@H]3C)c2OC)cc(N(C)C)c1. The van der Waals surface area contributed by atoms with Crippen LogP contribution in [0.15, 0.2) is 36.4 Å². The quantitative estimate of drug-likeness (QED) is 0.129. The van der Waals surface area contributed by atoms with Gasteiger partial charge in [0.1, 0.15) is 17.9 Å². The third-order valence-corrected chi connectivity index (χ3v) is 10.2. The predicted octanol–water partition coefficient (Wildman–Crippen LogP) is 2.73. The number of hydrogen-bond acceptors (Lipinski definition) is 11. The Morgan fingerprint density at radius 2 is 1.88 bits per heavy atom. The maximum Gasteiger partial charge on any atom is 0.319 e. The molecular weight excluding hydrogens is 654 g/mol. The fourth-order valence-corrected chi connectivity index (χ4v) is 7.20. The number of amides is 2. The minimum Gasteiger partial charge on any atom is -0.496 e. The number of esters is 1. The molecule has 2 aliphatic rings. The molecule has 7 atom stereocenters. The zero-order chi connectivity index (χ0) is 37.2. The number of aliphatic hydroxyl groups excluding tert-OH is 2. The molecule has 51 heavy (non-hydrogen) atoms. The molecule has 0 unspecified atom stereocenters. The summed E-state index contributed by atoms with van der Waals surface area (Å²) in [6, 6.07) is 10.4. The van der Waals surface area contributed by atoms with E-state index in [9.17, 15) is 24.6 Å². The van der Waals surface area contributed by atoms with E-state index in [1.54, 1.807) is 32.1 Å². The summed E-state index contributed by atoms with van der Waals surface area (Å²) in [4.78, 5) is 47.0. The van der Waals surface area contributed by atoms with Crippen molar-refractivity contribution in [1.82, 2.24) is 21.0 Å². The summed E-state index contributed by atoms with van der Waals surface area (Å²) in [5, 5.41) is 31.8. The van der Waals surface area contributed by atoms with E-state index in [1.807, 2.05) is 49.3 Å². The highest BCUT2D eigenvalue weighted by molar-refractivity contribution is 5.97. The standard InChI is InChI=1S/C38H57N5O8/c1-8-50-33(46)20-39-15-16-40-37(47)28-17-27(18-29(19-28)42(5)6)30-13-10-12-26(36(30)49-7)21-43-35(34(25(4)45)32(22-44)51-43)38(48)41-31-14-9-11-23(2)24(31)3/h10,12-13,17-19,23-25,31-32,34-35,39,44-45H,8-9,11,14-16,20-22H2,1-7H3,(H,40,47)(H,41,48)/t23-,24-,25-,31-,32-,34+,35-/m0/s1. The van der Waals surface area contributed by atoms with Crippen molar-refractivity contribution >= 4 is 23.5 Å². The molecule has 0 radical (unpaired) electrons. The second-order valence-electron chi connectivity index (χ2n) is 13.9. The number of methoxy groups -OCH3 is 1. The second kappa shape index (κ2) is 18.7. The Morgan fingerprint density at radius 3 is 2.55 bits per heavy atom. The van der Waals surface area contributed by atoms with Gasteiger partial charge < -0.3 is 40.5 Å². The first-order valence-electron chi connectivity index (χ1n) is 18.1. The summed E-state index contributed by atoms with van der Waals surface area (Å²) < 4.78 is 10.9. The molecule has 2 aromatic carbocycles.